The zero-order valence-electron chi connectivity index (χ0n) is 20.6. The topological polar surface area (TPSA) is 93.0 Å². The lowest BCUT2D eigenvalue weighted by Gasteiger charge is -2.34. The van der Waals surface area contributed by atoms with Crippen molar-refractivity contribution in [3.8, 4) is 22.9 Å². The average Bonchev–Trinajstić information content (AvgIpc) is 3.33. The summed E-state index contributed by atoms with van der Waals surface area (Å²) in [6.45, 7) is 7.25. The quantitative estimate of drug-likeness (QED) is 0.597. The number of aromatic nitrogens is 2. The number of likely N-dealkylation sites (tertiary alicyclic amines) is 2. The molecule has 1 aromatic carbocycles. The van der Waals surface area contributed by atoms with Crippen molar-refractivity contribution in [2.45, 2.75) is 51.6 Å². The van der Waals surface area contributed by atoms with Crippen LogP contribution in [0.1, 0.15) is 44.9 Å². The zero-order valence-corrected chi connectivity index (χ0v) is 20.6. The molecule has 9 heteroatoms. The fourth-order valence-corrected chi connectivity index (χ4v) is 4.97. The molecule has 186 valence electrons. The van der Waals surface area contributed by atoms with Gasteiger partial charge in [-0.3, -0.25) is 14.6 Å². The molecule has 0 bridgehead atoms. The van der Waals surface area contributed by atoms with Crippen LogP contribution in [0.5, 0.6) is 11.5 Å². The van der Waals surface area contributed by atoms with Crippen molar-refractivity contribution in [3.05, 3.63) is 24.1 Å². The molecule has 0 aliphatic carbocycles. The molecule has 2 atom stereocenters. The second kappa shape index (κ2) is 11.7. The van der Waals surface area contributed by atoms with Crippen molar-refractivity contribution in [2.75, 3.05) is 46.9 Å². The molecule has 9 nitrogen and oxygen atoms in total. The minimum Gasteiger partial charge on any atom is -0.493 e. The largest absolute Gasteiger partial charge is 0.493 e. The standard InChI is InChI=1S/C25H37N5O4/c1-18-7-4-5-13-30(18)14-11-26-25(31)20-8-6-12-29(16-20)17-23-27-24(28-34-23)19-9-10-21(32-2)22(15-19)33-3/h9-10,15,18,20H,4-8,11-14,16-17H2,1-3H3,(H,26,31)/t18-,20-/m1/s1. The van der Waals surface area contributed by atoms with E-state index >= 15 is 0 Å². The van der Waals surface area contributed by atoms with Gasteiger partial charge in [-0.1, -0.05) is 11.6 Å². The summed E-state index contributed by atoms with van der Waals surface area (Å²) in [5, 5.41) is 7.30. The van der Waals surface area contributed by atoms with E-state index in [1.54, 1.807) is 14.2 Å². The molecule has 0 spiro atoms. The van der Waals surface area contributed by atoms with E-state index in [0.717, 1.165) is 44.6 Å². The van der Waals surface area contributed by atoms with Gasteiger partial charge in [-0.2, -0.15) is 4.98 Å². The number of carbonyl (C=O) groups is 1. The van der Waals surface area contributed by atoms with Gasteiger partial charge in [-0.05, 0) is 63.9 Å². The van der Waals surface area contributed by atoms with Crippen LogP contribution in [0.15, 0.2) is 22.7 Å². The lowest BCUT2D eigenvalue weighted by Crippen LogP contribution is -2.46. The molecule has 2 fully saturated rings. The first-order valence-corrected chi connectivity index (χ1v) is 12.4. The van der Waals surface area contributed by atoms with Crippen LogP contribution in [0, 0.1) is 5.92 Å². The molecule has 2 saturated heterocycles. The molecule has 2 aromatic rings. The van der Waals surface area contributed by atoms with E-state index in [2.05, 4.69) is 32.2 Å². The first-order valence-electron chi connectivity index (χ1n) is 12.4. The first kappa shape index (κ1) is 24.5. The molecule has 2 aliphatic heterocycles. The van der Waals surface area contributed by atoms with Crippen molar-refractivity contribution in [1.82, 2.24) is 25.3 Å². The van der Waals surface area contributed by atoms with Crippen LogP contribution < -0.4 is 14.8 Å². The van der Waals surface area contributed by atoms with Gasteiger partial charge in [-0.15, -0.1) is 0 Å². The van der Waals surface area contributed by atoms with Crippen LogP contribution >= 0.6 is 0 Å². The fraction of sp³-hybridized carbons (Fsp3) is 0.640. The first-order chi connectivity index (χ1) is 16.6. The Morgan fingerprint density at radius 3 is 2.79 bits per heavy atom. The van der Waals surface area contributed by atoms with Gasteiger partial charge in [0.15, 0.2) is 11.5 Å². The molecule has 0 unspecified atom stereocenters. The SMILES string of the molecule is COc1ccc(-c2noc(CN3CCC[C@@H](C(=O)NCCN4CCCC[C@H]4C)C3)n2)cc1OC. The van der Waals surface area contributed by atoms with Gasteiger partial charge in [0, 0.05) is 31.2 Å². The molecule has 0 saturated carbocycles. The van der Waals surface area contributed by atoms with Gasteiger partial charge < -0.3 is 19.3 Å². The molecule has 34 heavy (non-hydrogen) atoms. The molecule has 2 aliphatic rings. The highest BCUT2D eigenvalue weighted by atomic mass is 16.5. The summed E-state index contributed by atoms with van der Waals surface area (Å²) in [5.41, 5.74) is 0.798. The number of benzene rings is 1. The summed E-state index contributed by atoms with van der Waals surface area (Å²) in [4.78, 5) is 22.1. The smallest absolute Gasteiger partial charge is 0.241 e. The Kier molecular flexibility index (Phi) is 8.39. The summed E-state index contributed by atoms with van der Waals surface area (Å²) >= 11 is 0. The van der Waals surface area contributed by atoms with Gasteiger partial charge in [0.25, 0.3) is 0 Å². The Morgan fingerprint density at radius 2 is 2.00 bits per heavy atom. The highest BCUT2D eigenvalue weighted by molar-refractivity contribution is 5.78. The second-order valence-electron chi connectivity index (χ2n) is 9.33. The van der Waals surface area contributed by atoms with E-state index in [1.165, 1.54) is 19.3 Å². The summed E-state index contributed by atoms with van der Waals surface area (Å²) in [6.07, 6.45) is 5.74. The average molecular weight is 472 g/mol. The number of nitrogens with zero attached hydrogens (tertiary/aromatic N) is 4. The Labute approximate surface area is 201 Å². The Hall–Kier alpha value is -2.65. The van der Waals surface area contributed by atoms with Crippen molar-refractivity contribution in [1.29, 1.82) is 0 Å². The lowest BCUT2D eigenvalue weighted by atomic mass is 9.97. The Morgan fingerprint density at radius 1 is 1.15 bits per heavy atom. The molecule has 1 aromatic heterocycles. The monoisotopic (exact) mass is 471 g/mol. The van der Waals surface area contributed by atoms with Gasteiger partial charge in [0.05, 0.1) is 26.7 Å². The number of hydrogen-bond donors (Lipinski definition) is 1. The zero-order chi connectivity index (χ0) is 23.9. The van der Waals surface area contributed by atoms with Crippen molar-refractivity contribution in [2.24, 2.45) is 5.92 Å². The second-order valence-corrected chi connectivity index (χ2v) is 9.33. The minimum absolute atomic E-state index is 0.000713. The Bertz CT molecular complexity index is 949. The van der Waals surface area contributed by atoms with E-state index in [4.69, 9.17) is 14.0 Å². The highest BCUT2D eigenvalue weighted by Crippen LogP contribution is 2.31. The number of amides is 1. The van der Waals surface area contributed by atoms with Crippen molar-refractivity contribution in [3.63, 3.8) is 0 Å². The molecule has 4 rings (SSSR count). The van der Waals surface area contributed by atoms with E-state index in [1.807, 2.05) is 18.2 Å². The van der Waals surface area contributed by atoms with E-state index in [0.29, 0.717) is 42.3 Å². The van der Waals surface area contributed by atoms with Crippen molar-refractivity contribution < 1.29 is 18.8 Å². The maximum atomic E-state index is 12.8. The normalized spacial score (nSPS) is 21.9. The predicted molar refractivity (Wildman–Crippen MR) is 129 cm³/mol. The molecule has 1 amide bonds. The third-order valence-corrected chi connectivity index (χ3v) is 6.98. The third-order valence-electron chi connectivity index (χ3n) is 6.98. The van der Waals surface area contributed by atoms with Crippen LogP contribution in [-0.4, -0.2) is 78.8 Å². The van der Waals surface area contributed by atoms with Crippen LogP contribution in [0.3, 0.4) is 0 Å². The summed E-state index contributed by atoms with van der Waals surface area (Å²) in [7, 11) is 3.20. The van der Waals surface area contributed by atoms with Gasteiger partial charge >= 0.3 is 0 Å². The maximum Gasteiger partial charge on any atom is 0.241 e. The molecule has 3 heterocycles. The number of rotatable bonds is 9. The van der Waals surface area contributed by atoms with E-state index < -0.39 is 0 Å². The summed E-state index contributed by atoms with van der Waals surface area (Å²) < 4.78 is 16.2. The van der Waals surface area contributed by atoms with Crippen LogP contribution in [0.2, 0.25) is 0 Å². The molecular formula is C25H37N5O4. The molecule has 0 radical (unpaired) electrons. The summed E-state index contributed by atoms with van der Waals surface area (Å²) in [5.74, 6) is 2.48. The highest BCUT2D eigenvalue weighted by Gasteiger charge is 2.27. The number of hydrogen-bond acceptors (Lipinski definition) is 8. The van der Waals surface area contributed by atoms with E-state index in [-0.39, 0.29) is 11.8 Å². The number of piperidine rings is 2. The number of carbonyl (C=O) groups excluding carboxylic acids is 1. The maximum absolute atomic E-state index is 12.8. The number of methoxy groups -OCH3 is 2. The van der Waals surface area contributed by atoms with Gasteiger partial charge in [0.2, 0.25) is 17.6 Å². The predicted octanol–water partition coefficient (Wildman–Crippen LogP) is 2.96. The third kappa shape index (κ3) is 6.07. The molecular weight excluding hydrogens is 434 g/mol. The summed E-state index contributed by atoms with van der Waals surface area (Å²) in [6, 6.07) is 6.15. The van der Waals surface area contributed by atoms with Gasteiger partial charge in [-0.25, -0.2) is 0 Å². The number of ether oxygens (including phenoxy) is 2. The van der Waals surface area contributed by atoms with Crippen LogP contribution in [0.25, 0.3) is 11.4 Å². The van der Waals surface area contributed by atoms with E-state index in [9.17, 15) is 4.79 Å². The lowest BCUT2D eigenvalue weighted by molar-refractivity contribution is -0.126. The van der Waals surface area contributed by atoms with Gasteiger partial charge in [0.1, 0.15) is 0 Å². The fourth-order valence-electron chi connectivity index (χ4n) is 4.97. The van der Waals surface area contributed by atoms with Crippen LogP contribution in [-0.2, 0) is 11.3 Å². The number of nitrogens with one attached hydrogen (secondary N) is 1. The Balaban J connectivity index is 1.28. The van der Waals surface area contributed by atoms with Crippen LogP contribution in [0.4, 0.5) is 0 Å². The minimum atomic E-state index is 0.000713. The molecule has 1 N–H and O–H groups in total. The van der Waals surface area contributed by atoms with Crippen molar-refractivity contribution >= 4 is 5.91 Å².